The molecule has 0 fully saturated rings. The fourth-order valence-corrected chi connectivity index (χ4v) is 2.00. The van der Waals surface area contributed by atoms with Gasteiger partial charge in [0.25, 0.3) is 0 Å². The van der Waals surface area contributed by atoms with E-state index in [1.807, 2.05) is 18.2 Å². The largest absolute Gasteiger partial charge is 0.140 e. The molecule has 0 saturated heterocycles. The summed E-state index contributed by atoms with van der Waals surface area (Å²) in [5.74, 6) is 0. The first kappa shape index (κ1) is 11.7. The summed E-state index contributed by atoms with van der Waals surface area (Å²) in [4.78, 5) is 0. The van der Waals surface area contributed by atoms with Crippen molar-refractivity contribution in [3.63, 3.8) is 0 Å². The van der Waals surface area contributed by atoms with Crippen molar-refractivity contribution in [2.45, 2.75) is 0 Å². The molecule has 0 saturated carbocycles. The van der Waals surface area contributed by atoms with Crippen molar-refractivity contribution >= 4 is 23.2 Å². The molecule has 3 heteroatoms. The normalized spacial score (nSPS) is 10.5. The van der Waals surface area contributed by atoms with Crippen LogP contribution in [0.2, 0.25) is 0 Å². The van der Waals surface area contributed by atoms with Crippen LogP contribution < -0.4 is 5.30 Å². The Hall–Kier alpha value is 0.680. The molecule has 0 heterocycles. The number of hydrogen-bond acceptors (Lipinski definition) is 0. The van der Waals surface area contributed by atoms with E-state index in [2.05, 4.69) is 25.5 Å². The van der Waals surface area contributed by atoms with Crippen molar-refractivity contribution in [2.75, 3.05) is 13.3 Å². The summed E-state index contributed by atoms with van der Waals surface area (Å²) in [7, 11) is 0. The quantitative estimate of drug-likeness (QED) is 0.527. The van der Waals surface area contributed by atoms with Crippen LogP contribution in [-0.2, 0) is 22.4 Å². The van der Waals surface area contributed by atoms with Gasteiger partial charge in [0, 0.05) is 22.4 Å². The molecule has 11 heavy (non-hydrogen) atoms. The monoisotopic (exact) mass is 370 g/mol. The minimum Gasteiger partial charge on any atom is -0.0620 e. The molecular formula is C8H11AuClP+. The minimum atomic E-state index is -1.30. The molecule has 0 spiro atoms. The fourth-order valence-electron chi connectivity index (χ4n) is 0.782. The second-order valence-electron chi connectivity index (χ2n) is 2.65. The molecule has 0 bridgehead atoms. The van der Waals surface area contributed by atoms with Crippen LogP contribution in [0.1, 0.15) is 0 Å². The maximum absolute atomic E-state index is 6.17. The smallest absolute Gasteiger partial charge is 0.0620 e. The number of halogens is 1. The SMILES string of the molecule is C[P+](C)(Cl)c1ccccc1.[Au]. The van der Waals surface area contributed by atoms with Gasteiger partial charge in [0.2, 0.25) is 0 Å². The van der Waals surface area contributed by atoms with E-state index >= 15 is 0 Å². The second-order valence-corrected chi connectivity index (χ2v) is 8.34. The zero-order valence-corrected chi connectivity index (χ0v) is 10.3. The zero-order valence-electron chi connectivity index (χ0n) is 6.51. The van der Waals surface area contributed by atoms with Crippen LogP contribution in [-0.4, -0.2) is 13.3 Å². The van der Waals surface area contributed by atoms with Crippen molar-refractivity contribution in [1.82, 2.24) is 0 Å². The molecule has 0 atom stereocenters. The Labute approximate surface area is 89.0 Å². The second kappa shape index (κ2) is 4.64. The predicted octanol–water partition coefficient (Wildman–Crippen LogP) is 2.74. The van der Waals surface area contributed by atoms with Crippen LogP contribution in [0.4, 0.5) is 0 Å². The number of hydrogen-bond donors (Lipinski definition) is 0. The van der Waals surface area contributed by atoms with E-state index in [-0.39, 0.29) is 22.4 Å². The Morgan fingerprint density at radius 1 is 1.09 bits per heavy atom. The molecule has 1 radical (unpaired) electrons. The van der Waals surface area contributed by atoms with Gasteiger partial charge in [0.05, 0.1) is 24.6 Å². The average molecular weight is 371 g/mol. The predicted molar refractivity (Wildman–Crippen MR) is 50.7 cm³/mol. The van der Waals surface area contributed by atoms with Crippen molar-refractivity contribution < 1.29 is 22.4 Å². The van der Waals surface area contributed by atoms with Gasteiger partial charge in [-0.1, -0.05) is 18.2 Å². The number of benzene rings is 1. The zero-order chi connectivity index (χ0) is 7.61. The molecule has 0 aromatic heterocycles. The maximum Gasteiger partial charge on any atom is 0.140 e. The first-order valence-electron chi connectivity index (χ1n) is 3.20. The van der Waals surface area contributed by atoms with Crippen LogP contribution in [0, 0.1) is 0 Å². The summed E-state index contributed by atoms with van der Waals surface area (Å²) in [5, 5.41) is 1.27. The summed E-state index contributed by atoms with van der Waals surface area (Å²) in [6.07, 6.45) is 0. The van der Waals surface area contributed by atoms with Crippen LogP contribution in [0.15, 0.2) is 30.3 Å². The summed E-state index contributed by atoms with van der Waals surface area (Å²) in [5.41, 5.74) is 0. The standard InChI is InChI=1S/C8H11ClP.Au/c1-10(2,9)8-6-4-3-5-7-8;/h3-7H,1-2H3;/q+1;. The fraction of sp³-hybridized carbons (Fsp3) is 0.250. The average Bonchev–Trinajstić information content (AvgIpc) is 1.88. The first-order chi connectivity index (χ1) is 4.61. The maximum atomic E-state index is 6.17. The molecule has 1 aromatic rings. The van der Waals surface area contributed by atoms with E-state index in [1.165, 1.54) is 5.30 Å². The third-order valence-electron chi connectivity index (χ3n) is 1.37. The van der Waals surface area contributed by atoms with Crippen LogP contribution >= 0.6 is 17.9 Å². The van der Waals surface area contributed by atoms with Gasteiger partial charge in [0.15, 0.2) is 0 Å². The first-order valence-corrected chi connectivity index (χ1v) is 6.79. The van der Waals surface area contributed by atoms with Crippen molar-refractivity contribution in [2.24, 2.45) is 0 Å². The Morgan fingerprint density at radius 3 is 1.82 bits per heavy atom. The van der Waals surface area contributed by atoms with Crippen LogP contribution in [0.5, 0.6) is 0 Å². The van der Waals surface area contributed by atoms with Crippen molar-refractivity contribution in [3.8, 4) is 0 Å². The molecule has 0 aliphatic rings. The van der Waals surface area contributed by atoms with E-state index in [0.29, 0.717) is 0 Å². The summed E-state index contributed by atoms with van der Waals surface area (Å²) < 4.78 is 0. The molecule has 1 rings (SSSR count). The molecule has 0 nitrogen and oxygen atoms in total. The van der Waals surface area contributed by atoms with Gasteiger partial charge >= 0.3 is 0 Å². The topological polar surface area (TPSA) is 0 Å². The van der Waals surface area contributed by atoms with Gasteiger partial charge in [-0.05, 0) is 12.1 Å². The molecule has 1 aromatic carbocycles. The Kier molecular flexibility index (Phi) is 4.93. The van der Waals surface area contributed by atoms with Crippen LogP contribution in [0.3, 0.4) is 0 Å². The summed E-state index contributed by atoms with van der Waals surface area (Å²) in [6.45, 7) is 2.91. The molecule has 0 aliphatic carbocycles. The van der Waals surface area contributed by atoms with Gasteiger partial charge in [-0.3, -0.25) is 0 Å². The van der Waals surface area contributed by atoms with Crippen LogP contribution in [0.25, 0.3) is 0 Å². The molecule has 0 aliphatic heterocycles. The van der Waals surface area contributed by atoms with Gasteiger partial charge in [0.1, 0.15) is 11.9 Å². The van der Waals surface area contributed by atoms with Crippen molar-refractivity contribution in [1.29, 1.82) is 0 Å². The molecule has 0 N–H and O–H groups in total. The Balaban J connectivity index is 0.000001000. The summed E-state index contributed by atoms with van der Waals surface area (Å²) in [6, 6.07) is 10.2. The Bertz CT molecular complexity index is 205. The third-order valence-corrected chi connectivity index (χ3v) is 3.48. The minimum absolute atomic E-state index is 0. The van der Waals surface area contributed by atoms with E-state index in [9.17, 15) is 0 Å². The van der Waals surface area contributed by atoms with E-state index in [0.717, 1.165) is 0 Å². The van der Waals surface area contributed by atoms with Gasteiger partial charge in [-0.2, -0.15) is 0 Å². The Morgan fingerprint density at radius 2 is 1.55 bits per heavy atom. The van der Waals surface area contributed by atoms with E-state index in [4.69, 9.17) is 11.2 Å². The van der Waals surface area contributed by atoms with Gasteiger partial charge in [-0.15, -0.1) is 0 Å². The molecular weight excluding hydrogens is 359 g/mol. The van der Waals surface area contributed by atoms with Gasteiger partial charge in [-0.25, -0.2) is 0 Å². The van der Waals surface area contributed by atoms with E-state index in [1.54, 1.807) is 0 Å². The summed E-state index contributed by atoms with van der Waals surface area (Å²) >= 11 is 6.17. The van der Waals surface area contributed by atoms with Crippen molar-refractivity contribution in [3.05, 3.63) is 30.3 Å². The van der Waals surface area contributed by atoms with Gasteiger partial charge < -0.3 is 0 Å². The molecule has 0 unspecified atom stereocenters. The number of rotatable bonds is 1. The third kappa shape index (κ3) is 3.73. The van der Waals surface area contributed by atoms with E-state index < -0.39 is 6.62 Å². The molecule has 65 valence electrons. The molecule has 0 amide bonds.